The quantitative estimate of drug-likeness (QED) is 0.0895. The molecule has 18 heteroatoms. The molecule has 13 nitrogen and oxygen atoms in total. The normalized spacial score (nSPS) is 11.0. The molecule has 0 unspecified atom stereocenters. The molecule has 3 rings (SSSR count). The van der Waals surface area contributed by atoms with Crippen LogP contribution < -0.4 is 20.4 Å². The summed E-state index contributed by atoms with van der Waals surface area (Å²) in [7, 11) is 1.58. The van der Waals surface area contributed by atoms with Crippen molar-refractivity contribution in [3.63, 3.8) is 0 Å². The van der Waals surface area contributed by atoms with Gasteiger partial charge in [-0.15, -0.1) is 4.99 Å². The minimum Gasteiger partial charge on any atom is -0.497 e. The SMILES string of the molecule is COc1ccc(CN/C(=N\C#N)NCc2nonc2C(=N)N(O)c2ccc(F)c(Cl)c2)cc1.O=C(O)C(F)(F)F. The number of amidine groups is 1. The zero-order chi connectivity index (χ0) is 29.9. The van der Waals surface area contributed by atoms with Crippen molar-refractivity contribution < 1.29 is 42.0 Å². The Bertz CT molecular complexity index is 1390. The summed E-state index contributed by atoms with van der Waals surface area (Å²) < 4.78 is 54.9. The van der Waals surface area contributed by atoms with Gasteiger partial charge in [0.1, 0.15) is 17.3 Å². The predicted octanol–water partition coefficient (Wildman–Crippen LogP) is 3.44. The van der Waals surface area contributed by atoms with Gasteiger partial charge in [-0.25, -0.2) is 18.9 Å². The number of aliphatic imine (C=N–C) groups is 1. The number of nitriles is 1. The summed E-state index contributed by atoms with van der Waals surface area (Å²) in [5.41, 5.74) is 1.03. The van der Waals surface area contributed by atoms with Crippen molar-refractivity contribution in [1.82, 2.24) is 20.9 Å². The van der Waals surface area contributed by atoms with Crippen LogP contribution in [0.2, 0.25) is 5.02 Å². The van der Waals surface area contributed by atoms with Gasteiger partial charge in [0.15, 0.2) is 11.5 Å². The lowest BCUT2D eigenvalue weighted by atomic mass is 10.2. The zero-order valence-corrected chi connectivity index (χ0v) is 21.0. The molecule has 0 amide bonds. The first-order valence-electron chi connectivity index (χ1n) is 10.6. The number of halogens is 5. The minimum atomic E-state index is -5.08. The number of carbonyl (C=O) groups is 1. The molecule has 0 saturated heterocycles. The number of methoxy groups -OCH3 is 1. The van der Waals surface area contributed by atoms with Crippen molar-refractivity contribution in [2.75, 3.05) is 12.2 Å². The summed E-state index contributed by atoms with van der Waals surface area (Å²) in [5.74, 6) is -3.04. The number of rotatable bonds is 7. The van der Waals surface area contributed by atoms with E-state index in [1.54, 1.807) is 25.4 Å². The number of ether oxygens (including phenoxy) is 1. The Hall–Kier alpha value is -4.95. The highest BCUT2D eigenvalue weighted by molar-refractivity contribution is 6.31. The average molecular weight is 587 g/mol. The molecule has 2 aromatic carbocycles. The van der Waals surface area contributed by atoms with Gasteiger partial charge in [-0.05, 0) is 41.1 Å². The molecule has 0 atom stereocenters. The van der Waals surface area contributed by atoms with Gasteiger partial charge in [-0.1, -0.05) is 28.9 Å². The number of hydrogen-bond acceptors (Lipinski definition) is 9. The first-order valence-corrected chi connectivity index (χ1v) is 11.0. The molecule has 0 spiro atoms. The number of carboxylic acids is 1. The van der Waals surface area contributed by atoms with E-state index in [0.717, 1.165) is 23.4 Å². The van der Waals surface area contributed by atoms with Gasteiger partial charge < -0.3 is 20.5 Å². The second-order valence-corrected chi connectivity index (χ2v) is 7.64. The number of carboxylic acid groups (broad SMARTS) is 1. The number of guanidine groups is 1. The predicted molar refractivity (Wildman–Crippen MR) is 130 cm³/mol. The summed E-state index contributed by atoms with van der Waals surface area (Å²) in [4.78, 5) is 12.6. The van der Waals surface area contributed by atoms with Crippen LogP contribution in [0.1, 0.15) is 17.0 Å². The smallest absolute Gasteiger partial charge is 0.490 e. The van der Waals surface area contributed by atoms with E-state index in [9.17, 15) is 22.8 Å². The lowest BCUT2D eigenvalue weighted by Crippen LogP contribution is -2.37. The highest BCUT2D eigenvalue weighted by atomic mass is 35.5. The molecule has 3 aromatic rings. The van der Waals surface area contributed by atoms with Gasteiger partial charge in [0.25, 0.3) is 0 Å². The summed E-state index contributed by atoms with van der Waals surface area (Å²) in [6.45, 7) is 0.336. The lowest BCUT2D eigenvalue weighted by molar-refractivity contribution is -0.192. The Balaban J connectivity index is 0.000000708. The first kappa shape index (κ1) is 31.3. The van der Waals surface area contributed by atoms with Gasteiger partial charge in [-0.2, -0.15) is 18.4 Å². The van der Waals surface area contributed by atoms with E-state index in [-0.39, 0.29) is 34.6 Å². The van der Waals surface area contributed by atoms with Crippen molar-refractivity contribution in [1.29, 1.82) is 10.7 Å². The highest BCUT2D eigenvalue weighted by Crippen LogP contribution is 2.23. The summed E-state index contributed by atoms with van der Waals surface area (Å²) in [6, 6.07) is 10.8. The maximum absolute atomic E-state index is 13.4. The molecule has 212 valence electrons. The molecule has 0 saturated carbocycles. The van der Waals surface area contributed by atoms with E-state index in [1.165, 1.54) is 6.07 Å². The third-order valence-corrected chi connectivity index (χ3v) is 4.88. The molecule has 40 heavy (non-hydrogen) atoms. The van der Waals surface area contributed by atoms with Gasteiger partial charge in [0.2, 0.25) is 12.2 Å². The van der Waals surface area contributed by atoms with Crippen molar-refractivity contribution in [2.45, 2.75) is 19.3 Å². The van der Waals surface area contributed by atoms with Crippen molar-refractivity contribution in [3.8, 4) is 11.9 Å². The molecule has 0 fully saturated rings. The van der Waals surface area contributed by atoms with Gasteiger partial charge in [0, 0.05) is 6.54 Å². The third kappa shape index (κ3) is 9.11. The van der Waals surface area contributed by atoms with E-state index in [1.807, 2.05) is 12.1 Å². The van der Waals surface area contributed by atoms with Crippen LogP contribution in [0.4, 0.5) is 23.2 Å². The molecular weight excluding hydrogens is 568 g/mol. The third-order valence-electron chi connectivity index (χ3n) is 4.59. The molecule has 0 bridgehead atoms. The standard InChI is InChI=1S/C20H18ClFN8O3.C2HF3O2/c1-32-14-5-2-12(3-6-14)9-25-20(27-11-23)26-10-17-18(29-33-28-17)19(24)30(31)13-4-7-16(22)15(21)8-13;3-2(4,5)1(6)7/h2-8,24,31H,9-10H2,1H3,(H2,25,26,27);(H,6,7). The molecule has 0 radical (unpaired) electrons. The Morgan fingerprint density at radius 2 is 1.85 bits per heavy atom. The number of nitrogens with one attached hydrogen (secondary N) is 3. The number of nitrogens with zero attached hydrogens (tertiary/aromatic N) is 5. The largest absolute Gasteiger partial charge is 0.497 e. The van der Waals surface area contributed by atoms with Gasteiger partial charge >= 0.3 is 12.1 Å². The summed E-state index contributed by atoms with van der Waals surface area (Å²) in [6.07, 6.45) is -3.39. The van der Waals surface area contributed by atoms with E-state index in [2.05, 4.69) is 25.9 Å². The molecule has 5 N–H and O–H groups in total. The number of aromatic nitrogens is 2. The van der Waals surface area contributed by atoms with Crippen molar-refractivity contribution in [2.24, 2.45) is 4.99 Å². The highest BCUT2D eigenvalue weighted by Gasteiger charge is 2.38. The number of benzene rings is 2. The zero-order valence-electron chi connectivity index (χ0n) is 20.2. The maximum atomic E-state index is 13.4. The van der Waals surface area contributed by atoms with E-state index < -0.39 is 23.8 Å². The average Bonchev–Trinajstić information content (AvgIpc) is 3.39. The Labute approximate surface area is 227 Å². The second-order valence-electron chi connectivity index (χ2n) is 7.24. The fourth-order valence-electron chi connectivity index (χ4n) is 2.64. The fourth-order valence-corrected chi connectivity index (χ4v) is 2.81. The van der Waals surface area contributed by atoms with Crippen LogP contribution in [0.5, 0.6) is 5.75 Å². The van der Waals surface area contributed by atoms with Gasteiger partial charge in [0.05, 0.1) is 24.4 Å². The van der Waals surface area contributed by atoms with Crippen LogP contribution in [-0.4, -0.2) is 51.7 Å². The monoisotopic (exact) mass is 586 g/mol. The number of aliphatic carboxylic acids is 1. The van der Waals surface area contributed by atoms with E-state index >= 15 is 0 Å². The van der Waals surface area contributed by atoms with Crippen LogP contribution in [0.15, 0.2) is 52.1 Å². The lowest BCUT2D eigenvalue weighted by Gasteiger charge is -2.17. The molecular formula is C22H19ClF4N8O5. The summed E-state index contributed by atoms with van der Waals surface area (Å²) >= 11 is 5.73. The maximum Gasteiger partial charge on any atom is 0.490 e. The molecule has 1 heterocycles. The minimum absolute atomic E-state index is 0.0324. The van der Waals surface area contributed by atoms with Crippen LogP contribution >= 0.6 is 11.6 Å². The Morgan fingerprint density at radius 3 is 2.40 bits per heavy atom. The topological polar surface area (TPSA) is 193 Å². The number of hydrogen-bond donors (Lipinski definition) is 5. The molecule has 0 aliphatic rings. The Kier molecular flexibility index (Phi) is 11.2. The van der Waals surface area contributed by atoms with Crippen LogP contribution in [-0.2, 0) is 17.9 Å². The molecule has 0 aliphatic heterocycles. The van der Waals surface area contributed by atoms with Crippen molar-refractivity contribution >= 4 is 35.1 Å². The van der Waals surface area contributed by atoms with Crippen LogP contribution in [0, 0.1) is 22.7 Å². The van der Waals surface area contributed by atoms with Crippen molar-refractivity contribution in [3.05, 3.63) is 70.3 Å². The first-order chi connectivity index (χ1) is 18.9. The van der Waals surface area contributed by atoms with E-state index in [0.29, 0.717) is 11.6 Å². The fraction of sp³-hybridized carbons (Fsp3) is 0.182. The van der Waals surface area contributed by atoms with E-state index in [4.69, 9.17) is 41.5 Å². The summed E-state index contributed by atoms with van der Waals surface area (Å²) in [5, 5.41) is 48.0. The second kappa shape index (κ2) is 14.3. The molecule has 0 aliphatic carbocycles. The number of alkyl halides is 3. The number of anilines is 1. The van der Waals surface area contributed by atoms with Crippen LogP contribution in [0.25, 0.3) is 0 Å². The number of hydroxylamine groups is 1. The van der Waals surface area contributed by atoms with Crippen LogP contribution in [0.3, 0.4) is 0 Å². The molecule has 1 aromatic heterocycles. The van der Waals surface area contributed by atoms with Gasteiger partial charge in [-0.3, -0.25) is 10.6 Å². The Morgan fingerprint density at radius 1 is 1.23 bits per heavy atom.